The molecule has 0 aromatic heterocycles. The predicted molar refractivity (Wildman–Crippen MR) is 129 cm³/mol. The Morgan fingerprint density at radius 2 is 1.50 bits per heavy atom. The fraction of sp³-hybridized carbons (Fsp3) is 0.259. The van der Waals surface area contributed by atoms with Crippen LogP contribution in [0.5, 0.6) is 0 Å². The number of rotatable bonds is 10. The normalized spacial score (nSPS) is 11.6. The molecule has 3 rings (SSSR count). The molecule has 0 unspecified atom stereocenters. The van der Waals surface area contributed by atoms with Gasteiger partial charge in [-0.15, -0.1) is 0 Å². The first-order valence-electron chi connectivity index (χ1n) is 11.0. The number of benzene rings is 3. The summed E-state index contributed by atoms with van der Waals surface area (Å²) in [5, 5.41) is 3.52. The van der Waals surface area contributed by atoms with Gasteiger partial charge in [0, 0.05) is 31.0 Å². The second-order valence-corrected chi connectivity index (χ2v) is 8.17. The van der Waals surface area contributed by atoms with Gasteiger partial charge in [0.2, 0.25) is 11.8 Å². The third kappa shape index (κ3) is 6.96. The minimum absolute atomic E-state index is 0.0546. The Hall–Kier alpha value is -3.11. The van der Waals surface area contributed by atoms with Gasteiger partial charge in [-0.3, -0.25) is 9.59 Å². The molecule has 0 bridgehead atoms. The second-order valence-electron chi connectivity index (χ2n) is 7.74. The van der Waals surface area contributed by atoms with Crippen molar-refractivity contribution in [2.75, 3.05) is 6.54 Å². The number of likely N-dealkylation sites (N-methyl/N-ethyl adjacent to an activating group) is 1. The summed E-state index contributed by atoms with van der Waals surface area (Å²) in [5.41, 5.74) is 3.00. The minimum atomic E-state index is -0.611. The molecule has 0 fully saturated rings. The topological polar surface area (TPSA) is 49.4 Å². The molecule has 2 amide bonds. The summed E-state index contributed by atoms with van der Waals surface area (Å²) in [6.45, 7) is 2.71. The molecule has 0 saturated heterocycles. The number of hydrogen-bond acceptors (Lipinski definition) is 2. The molecule has 0 aliphatic heterocycles. The Labute approximate surface area is 195 Å². The van der Waals surface area contributed by atoms with Crippen molar-refractivity contribution in [3.63, 3.8) is 0 Å². The fourth-order valence-corrected chi connectivity index (χ4v) is 3.93. The Morgan fingerprint density at radius 1 is 0.875 bits per heavy atom. The van der Waals surface area contributed by atoms with Crippen LogP contribution < -0.4 is 5.32 Å². The molecule has 4 nitrogen and oxygen atoms in total. The van der Waals surface area contributed by atoms with Crippen molar-refractivity contribution in [3.8, 4) is 0 Å². The van der Waals surface area contributed by atoms with E-state index in [0.29, 0.717) is 37.4 Å². The van der Waals surface area contributed by atoms with E-state index in [1.807, 2.05) is 85.8 Å². The Bertz CT molecular complexity index is 1010. The van der Waals surface area contributed by atoms with Crippen LogP contribution in [0.1, 0.15) is 30.0 Å². The van der Waals surface area contributed by atoms with Crippen molar-refractivity contribution in [3.05, 3.63) is 107 Å². The molecule has 3 aromatic rings. The first kappa shape index (κ1) is 23.6. The van der Waals surface area contributed by atoms with Crippen LogP contribution in [0.3, 0.4) is 0 Å². The molecule has 0 aliphatic rings. The number of nitrogens with one attached hydrogen (secondary N) is 1. The summed E-state index contributed by atoms with van der Waals surface area (Å²) in [6.07, 6.45) is 1.40. The summed E-state index contributed by atoms with van der Waals surface area (Å²) in [6, 6.07) is 26.6. The molecule has 0 heterocycles. The highest BCUT2D eigenvalue weighted by molar-refractivity contribution is 6.30. The largest absolute Gasteiger partial charge is 0.355 e. The lowest BCUT2D eigenvalue weighted by Crippen LogP contribution is -2.50. The lowest BCUT2D eigenvalue weighted by molar-refractivity contribution is -0.141. The van der Waals surface area contributed by atoms with E-state index >= 15 is 0 Å². The summed E-state index contributed by atoms with van der Waals surface area (Å²) in [4.78, 5) is 28.3. The van der Waals surface area contributed by atoms with E-state index < -0.39 is 6.04 Å². The van der Waals surface area contributed by atoms with E-state index in [1.165, 1.54) is 0 Å². The predicted octanol–water partition coefficient (Wildman–Crippen LogP) is 5.05. The van der Waals surface area contributed by atoms with E-state index in [1.54, 1.807) is 11.0 Å². The molecule has 1 N–H and O–H groups in total. The summed E-state index contributed by atoms with van der Waals surface area (Å²) >= 11 is 6.19. The van der Waals surface area contributed by atoms with E-state index in [2.05, 4.69) is 5.32 Å². The maximum Gasteiger partial charge on any atom is 0.243 e. The average molecular weight is 449 g/mol. The van der Waals surface area contributed by atoms with Gasteiger partial charge in [0.25, 0.3) is 0 Å². The highest BCUT2D eigenvalue weighted by Crippen LogP contribution is 2.19. The monoisotopic (exact) mass is 448 g/mol. The third-order valence-corrected chi connectivity index (χ3v) is 5.57. The van der Waals surface area contributed by atoms with Crippen LogP contribution in [0.25, 0.3) is 0 Å². The number of nitrogens with zero attached hydrogens (tertiary/aromatic N) is 1. The van der Waals surface area contributed by atoms with Gasteiger partial charge in [-0.2, -0.15) is 0 Å². The van der Waals surface area contributed by atoms with Crippen LogP contribution in [0, 0.1) is 0 Å². The van der Waals surface area contributed by atoms with Gasteiger partial charge in [0.15, 0.2) is 0 Å². The zero-order valence-corrected chi connectivity index (χ0v) is 19.1. The van der Waals surface area contributed by atoms with Crippen molar-refractivity contribution >= 4 is 23.4 Å². The molecule has 32 heavy (non-hydrogen) atoms. The first-order chi connectivity index (χ1) is 15.6. The van der Waals surface area contributed by atoms with Gasteiger partial charge >= 0.3 is 0 Å². The summed E-state index contributed by atoms with van der Waals surface area (Å²) < 4.78 is 0. The van der Waals surface area contributed by atoms with Crippen LogP contribution in [-0.4, -0.2) is 29.3 Å². The number of halogens is 1. The molecule has 0 aliphatic carbocycles. The fourth-order valence-electron chi connectivity index (χ4n) is 3.72. The van der Waals surface area contributed by atoms with E-state index in [0.717, 1.165) is 16.7 Å². The average Bonchev–Trinajstić information content (AvgIpc) is 2.81. The second kappa shape index (κ2) is 12.1. The number of carbonyl (C=O) groups is 2. The maximum atomic E-state index is 13.5. The van der Waals surface area contributed by atoms with Gasteiger partial charge in [0.1, 0.15) is 6.04 Å². The smallest absolute Gasteiger partial charge is 0.243 e. The quantitative estimate of drug-likeness (QED) is 0.472. The van der Waals surface area contributed by atoms with Crippen LogP contribution >= 0.6 is 11.6 Å². The lowest BCUT2D eigenvalue weighted by Gasteiger charge is -2.31. The lowest BCUT2D eigenvalue weighted by atomic mass is 10.0. The van der Waals surface area contributed by atoms with Crippen molar-refractivity contribution in [1.82, 2.24) is 10.2 Å². The van der Waals surface area contributed by atoms with E-state index in [-0.39, 0.29) is 11.8 Å². The minimum Gasteiger partial charge on any atom is -0.355 e. The van der Waals surface area contributed by atoms with Crippen LogP contribution in [0.2, 0.25) is 5.02 Å². The zero-order valence-electron chi connectivity index (χ0n) is 18.3. The molecular weight excluding hydrogens is 420 g/mol. The summed E-state index contributed by atoms with van der Waals surface area (Å²) in [5.74, 6) is -0.201. The van der Waals surface area contributed by atoms with Crippen molar-refractivity contribution < 1.29 is 9.59 Å². The first-order valence-corrected chi connectivity index (χ1v) is 11.3. The molecule has 0 spiro atoms. The van der Waals surface area contributed by atoms with Crippen molar-refractivity contribution in [2.45, 2.75) is 38.8 Å². The van der Waals surface area contributed by atoms with Crippen LogP contribution in [0.15, 0.2) is 84.9 Å². The van der Waals surface area contributed by atoms with Gasteiger partial charge in [-0.1, -0.05) is 84.4 Å². The van der Waals surface area contributed by atoms with Crippen molar-refractivity contribution in [1.29, 1.82) is 0 Å². The summed E-state index contributed by atoms with van der Waals surface area (Å²) in [7, 11) is 0. The molecule has 3 aromatic carbocycles. The number of carbonyl (C=O) groups excluding carboxylic acids is 2. The van der Waals surface area contributed by atoms with Gasteiger partial charge in [-0.25, -0.2) is 0 Å². The third-order valence-electron chi connectivity index (χ3n) is 5.33. The number of aryl methyl sites for hydroxylation is 1. The van der Waals surface area contributed by atoms with E-state index in [9.17, 15) is 9.59 Å². The molecular formula is C27H29ClN2O2. The van der Waals surface area contributed by atoms with Gasteiger partial charge < -0.3 is 10.2 Å². The standard InChI is InChI=1S/C27H29ClN2O2/c1-2-29-27(32)25(19-22-12-7-4-8-13-22)30(20-23-14-9-15-24(28)18-23)26(31)17-16-21-10-5-3-6-11-21/h3-15,18,25H,2,16-17,19-20H2,1H3,(H,29,32)/t25-/m1/s1. The Morgan fingerprint density at radius 3 is 2.12 bits per heavy atom. The van der Waals surface area contributed by atoms with Crippen molar-refractivity contribution in [2.24, 2.45) is 0 Å². The molecule has 0 radical (unpaired) electrons. The molecule has 5 heteroatoms. The Balaban J connectivity index is 1.88. The van der Waals surface area contributed by atoms with Gasteiger partial charge in [-0.05, 0) is 42.2 Å². The Kier molecular flexibility index (Phi) is 8.88. The van der Waals surface area contributed by atoms with Crippen LogP contribution in [0.4, 0.5) is 0 Å². The SMILES string of the molecule is CCNC(=O)[C@@H](Cc1ccccc1)N(Cc1cccc(Cl)c1)C(=O)CCc1ccccc1. The highest BCUT2D eigenvalue weighted by Gasteiger charge is 2.29. The number of hydrogen-bond donors (Lipinski definition) is 1. The highest BCUT2D eigenvalue weighted by atomic mass is 35.5. The molecule has 1 atom stereocenters. The van der Waals surface area contributed by atoms with Crippen LogP contribution in [-0.2, 0) is 29.0 Å². The van der Waals surface area contributed by atoms with E-state index in [4.69, 9.17) is 11.6 Å². The zero-order chi connectivity index (χ0) is 22.8. The number of amides is 2. The van der Waals surface area contributed by atoms with Gasteiger partial charge in [0.05, 0.1) is 0 Å². The maximum absolute atomic E-state index is 13.5. The molecule has 0 saturated carbocycles. The molecule has 166 valence electrons.